The van der Waals surface area contributed by atoms with Gasteiger partial charge in [-0.2, -0.15) is 0 Å². The van der Waals surface area contributed by atoms with Crippen LogP contribution in [0.5, 0.6) is 0 Å². The molecule has 4 nitrogen and oxygen atoms in total. The minimum atomic E-state index is -0.0846. The average molecular weight is 303 g/mol. The number of aryl methyl sites for hydroxylation is 1. The normalized spacial score (nSPS) is 14.3. The maximum Gasteiger partial charge on any atom is 0.292 e. The van der Waals surface area contributed by atoms with Gasteiger partial charge in [0.15, 0.2) is 0 Å². The SMILES string of the molecule is CCCN(Cc1ccc(CC)cc1)C(=O)C1=C(C)OCCO1. The minimum absolute atomic E-state index is 0.0846. The number of rotatable bonds is 6. The summed E-state index contributed by atoms with van der Waals surface area (Å²) in [4.78, 5) is 14.5. The molecule has 0 fully saturated rings. The van der Waals surface area contributed by atoms with Gasteiger partial charge in [0.1, 0.15) is 19.0 Å². The summed E-state index contributed by atoms with van der Waals surface area (Å²) in [7, 11) is 0. The standard InChI is InChI=1S/C18H25NO3/c1-4-10-19(13-16-8-6-15(5-2)7-9-16)18(20)17-14(3)21-11-12-22-17/h6-9H,4-5,10-13H2,1-3H3. The molecule has 0 aromatic heterocycles. The summed E-state index contributed by atoms with van der Waals surface area (Å²) in [6.07, 6.45) is 1.93. The van der Waals surface area contributed by atoms with Gasteiger partial charge in [0, 0.05) is 13.1 Å². The third kappa shape index (κ3) is 4.03. The van der Waals surface area contributed by atoms with Crippen LogP contribution in [0.3, 0.4) is 0 Å². The average Bonchev–Trinajstić information content (AvgIpc) is 2.55. The summed E-state index contributed by atoms with van der Waals surface area (Å²) in [6.45, 7) is 8.23. The fourth-order valence-electron chi connectivity index (χ4n) is 2.48. The molecular formula is C18H25NO3. The van der Waals surface area contributed by atoms with Gasteiger partial charge in [-0.05, 0) is 30.9 Å². The molecule has 0 unspecified atom stereocenters. The predicted molar refractivity (Wildman–Crippen MR) is 86.1 cm³/mol. The van der Waals surface area contributed by atoms with Crippen molar-refractivity contribution in [1.82, 2.24) is 4.90 Å². The van der Waals surface area contributed by atoms with E-state index in [-0.39, 0.29) is 5.91 Å². The van der Waals surface area contributed by atoms with Crippen LogP contribution in [0, 0.1) is 0 Å². The first-order valence-electron chi connectivity index (χ1n) is 7.99. The van der Waals surface area contributed by atoms with Crippen LogP contribution in [0.4, 0.5) is 0 Å². The van der Waals surface area contributed by atoms with E-state index in [9.17, 15) is 4.79 Å². The molecule has 2 rings (SSSR count). The Morgan fingerprint density at radius 3 is 2.32 bits per heavy atom. The molecule has 0 saturated carbocycles. The largest absolute Gasteiger partial charge is 0.491 e. The molecule has 1 aromatic rings. The summed E-state index contributed by atoms with van der Waals surface area (Å²) >= 11 is 0. The quantitative estimate of drug-likeness (QED) is 0.809. The van der Waals surface area contributed by atoms with E-state index in [1.54, 1.807) is 6.92 Å². The van der Waals surface area contributed by atoms with Crippen molar-refractivity contribution in [3.8, 4) is 0 Å². The second kappa shape index (κ2) is 7.87. The van der Waals surface area contributed by atoms with Crippen LogP contribution in [-0.2, 0) is 27.2 Å². The van der Waals surface area contributed by atoms with Gasteiger partial charge < -0.3 is 14.4 Å². The van der Waals surface area contributed by atoms with Crippen LogP contribution in [0.1, 0.15) is 38.3 Å². The fraction of sp³-hybridized carbons (Fsp3) is 0.500. The zero-order chi connectivity index (χ0) is 15.9. The van der Waals surface area contributed by atoms with E-state index in [4.69, 9.17) is 9.47 Å². The third-order valence-electron chi connectivity index (χ3n) is 3.75. The fourth-order valence-corrected chi connectivity index (χ4v) is 2.48. The number of ether oxygens (including phenoxy) is 2. The number of amides is 1. The lowest BCUT2D eigenvalue weighted by Crippen LogP contribution is -2.35. The van der Waals surface area contributed by atoms with Gasteiger partial charge in [0.2, 0.25) is 5.76 Å². The van der Waals surface area contributed by atoms with E-state index in [0.717, 1.165) is 18.4 Å². The van der Waals surface area contributed by atoms with Crippen molar-refractivity contribution >= 4 is 5.91 Å². The zero-order valence-corrected chi connectivity index (χ0v) is 13.7. The first kappa shape index (κ1) is 16.4. The van der Waals surface area contributed by atoms with Crippen molar-refractivity contribution in [2.24, 2.45) is 0 Å². The van der Waals surface area contributed by atoms with Crippen molar-refractivity contribution in [2.45, 2.75) is 40.2 Å². The van der Waals surface area contributed by atoms with Crippen LogP contribution in [0.15, 0.2) is 35.8 Å². The maximum atomic E-state index is 12.7. The molecule has 4 heteroatoms. The molecule has 1 aromatic carbocycles. The molecule has 120 valence electrons. The van der Waals surface area contributed by atoms with Gasteiger partial charge in [-0.1, -0.05) is 38.1 Å². The monoisotopic (exact) mass is 303 g/mol. The number of allylic oxidation sites excluding steroid dienone is 1. The van der Waals surface area contributed by atoms with Gasteiger partial charge in [-0.3, -0.25) is 4.79 Å². The molecule has 1 aliphatic rings. The molecule has 22 heavy (non-hydrogen) atoms. The summed E-state index contributed by atoms with van der Waals surface area (Å²) in [5.41, 5.74) is 2.44. The predicted octanol–water partition coefficient (Wildman–Crippen LogP) is 3.27. The molecule has 1 amide bonds. The Morgan fingerprint density at radius 1 is 1.09 bits per heavy atom. The number of benzene rings is 1. The molecule has 0 spiro atoms. The summed E-state index contributed by atoms with van der Waals surface area (Å²) in [5, 5.41) is 0. The highest BCUT2D eigenvalue weighted by Crippen LogP contribution is 2.18. The van der Waals surface area contributed by atoms with E-state index in [1.165, 1.54) is 5.56 Å². The molecule has 0 saturated heterocycles. The van der Waals surface area contributed by atoms with Crippen LogP contribution in [0.25, 0.3) is 0 Å². The Labute approximate surface area is 132 Å². The lowest BCUT2D eigenvalue weighted by atomic mass is 10.1. The first-order chi connectivity index (χ1) is 10.7. The number of hydrogen-bond donors (Lipinski definition) is 0. The van der Waals surface area contributed by atoms with E-state index in [1.807, 2.05) is 4.90 Å². The molecule has 0 N–H and O–H groups in total. The zero-order valence-electron chi connectivity index (χ0n) is 13.7. The van der Waals surface area contributed by atoms with Crippen LogP contribution >= 0.6 is 0 Å². The number of nitrogens with zero attached hydrogens (tertiary/aromatic N) is 1. The minimum Gasteiger partial charge on any atom is -0.491 e. The summed E-state index contributed by atoms with van der Waals surface area (Å²) < 4.78 is 10.9. The smallest absolute Gasteiger partial charge is 0.292 e. The lowest BCUT2D eigenvalue weighted by molar-refractivity contribution is -0.133. The van der Waals surface area contributed by atoms with E-state index in [2.05, 4.69) is 38.1 Å². The Bertz CT molecular complexity index is 534. The highest BCUT2D eigenvalue weighted by Gasteiger charge is 2.25. The second-order valence-electron chi connectivity index (χ2n) is 5.48. The van der Waals surface area contributed by atoms with Crippen molar-refractivity contribution in [1.29, 1.82) is 0 Å². The Hall–Kier alpha value is -1.97. The van der Waals surface area contributed by atoms with E-state index in [0.29, 0.717) is 37.8 Å². The highest BCUT2D eigenvalue weighted by molar-refractivity contribution is 5.92. The lowest BCUT2D eigenvalue weighted by Gasteiger charge is -2.26. The molecule has 0 bridgehead atoms. The van der Waals surface area contributed by atoms with Gasteiger partial charge in [0.25, 0.3) is 5.91 Å². The molecule has 1 heterocycles. The molecular weight excluding hydrogens is 278 g/mol. The van der Waals surface area contributed by atoms with E-state index < -0.39 is 0 Å². The molecule has 0 atom stereocenters. The first-order valence-corrected chi connectivity index (χ1v) is 7.99. The van der Waals surface area contributed by atoms with Crippen molar-refractivity contribution in [2.75, 3.05) is 19.8 Å². The van der Waals surface area contributed by atoms with E-state index >= 15 is 0 Å². The maximum absolute atomic E-state index is 12.7. The van der Waals surface area contributed by atoms with Crippen molar-refractivity contribution < 1.29 is 14.3 Å². The Morgan fingerprint density at radius 2 is 1.73 bits per heavy atom. The molecule has 0 radical (unpaired) electrons. The van der Waals surface area contributed by atoms with Crippen molar-refractivity contribution in [3.05, 3.63) is 46.9 Å². The number of hydrogen-bond acceptors (Lipinski definition) is 3. The summed E-state index contributed by atoms with van der Waals surface area (Å²) in [6, 6.07) is 8.42. The van der Waals surface area contributed by atoms with Gasteiger partial charge in [0.05, 0.1) is 0 Å². The van der Waals surface area contributed by atoms with Gasteiger partial charge >= 0.3 is 0 Å². The highest BCUT2D eigenvalue weighted by atomic mass is 16.6. The second-order valence-corrected chi connectivity index (χ2v) is 5.48. The van der Waals surface area contributed by atoms with Gasteiger partial charge in [-0.25, -0.2) is 0 Å². The van der Waals surface area contributed by atoms with Crippen molar-refractivity contribution in [3.63, 3.8) is 0 Å². The Kier molecular flexibility index (Phi) is 5.87. The topological polar surface area (TPSA) is 38.8 Å². The number of carbonyl (C=O) groups is 1. The Balaban J connectivity index is 2.12. The summed E-state index contributed by atoms with van der Waals surface area (Å²) in [5.74, 6) is 0.849. The third-order valence-corrected chi connectivity index (χ3v) is 3.75. The van der Waals surface area contributed by atoms with Crippen LogP contribution in [0.2, 0.25) is 0 Å². The number of carbonyl (C=O) groups excluding carboxylic acids is 1. The van der Waals surface area contributed by atoms with Gasteiger partial charge in [-0.15, -0.1) is 0 Å². The molecule has 1 aliphatic heterocycles. The van der Waals surface area contributed by atoms with Crippen LogP contribution < -0.4 is 0 Å². The molecule has 0 aliphatic carbocycles. The van der Waals surface area contributed by atoms with Crippen LogP contribution in [-0.4, -0.2) is 30.6 Å².